The first-order chi connectivity index (χ1) is 14.4. The Bertz CT molecular complexity index is 992. The molecule has 1 saturated carbocycles. The third-order valence-corrected chi connectivity index (χ3v) is 7.99. The second-order valence-electron chi connectivity index (χ2n) is 8.26. The maximum absolute atomic E-state index is 13.9. The van der Waals surface area contributed by atoms with Crippen LogP contribution < -0.4 is 11.5 Å². The van der Waals surface area contributed by atoms with Crippen LogP contribution in [0.3, 0.4) is 0 Å². The maximum atomic E-state index is 13.9. The molecule has 1 aliphatic carbocycles. The number of nitrogens with zero attached hydrogens (tertiary/aromatic N) is 1. The fourth-order valence-electron chi connectivity index (χ4n) is 4.30. The standard InChI is InChI=1S/C19H24F3N3O5S/c20-12-9-14(22)13(21)7-11(12)8-15(23)10-1-5-25(6-2-10)18(27)16(17(24)26)19(3-4-19)31(28,29)30/h7,9-10,15-16H,1-6,8,23H2,(H2,24,26)(H,28,29,30)/t15-,16?/m1/s1. The number of likely N-dealkylation sites (tertiary alicyclic amines) is 1. The Morgan fingerprint density at radius 2 is 1.68 bits per heavy atom. The first-order valence-electron chi connectivity index (χ1n) is 9.81. The molecule has 1 saturated heterocycles. The highest BCUT2D eigenvalue weighted by molar-refractivity contribution is 7.87. The van der Waals surface area contributed by atoms with Gasteiger partial charge in [-0.2, -0.15) is 8.42 Å². The predicted molar refractivity (Wildman–Crippen MR) is 103 cm³/mol. The molecule has 5 N–H and O–H groups in total. The molecule has 1 aromatic carbocycles. The van der Waals surface area contributed by atoms with E-state index in [1.807, 2.05) is 0 Å². The van der Waals surface area contributed by atoms with Crippen molar-refractivity contribution in [1.82, 2.24) is 4.90 Å². The van der Waals surface area contributed by atoms with Crippen LogP contribution in [0.5, 0.6) is 0 Å². The highest BCUT2D eigenvalue weighted by Crippen LogP contribution is 2.50. The van der Waals surface area contributed by atoms with Crippen molar-refractivity contribution in [3.8, 4) is 0 Å². The number of rotatable bonds is 7. The molecule has 1 heterocycles. The summed E-state index contributed by atoms with van der Waals surface area (Å²) in [6, 6.07) is 0.646. The van der Waals surface area contributed by atoms with E-state index in [9.17, 15) is 35.7 Å². The van der Waals surface area contributed by atoms with Gasteiger partial charge < -0.3 is 16.4 Å². The lowest BCUT2D eigenvalue weighted by Crippen LogP contribution is -2.53. The number of primary amides is 1. The molecular weight excluding hydrogens is 439 g/mol. The minimum Gasteiger partial charge on any atom is -0.369 e. The molecule has 1 aromatic rings. The van der Waals surface area contributed by atoms with E-state index in [1.165, 1.54) is 4.90 Å². The van der Waals surface area contributed by atoms with Crippen LogP contribution in [0, 0.1) is 29.3 Å². The summed E-state index contributed by atoms with van der Waals surface area (Å²) in [6.07, 6.45) is 0.654. The normalized spacial score (nSPS) is 20.9. The van der Waals surface area contributed by atoms with Crippen LogP contribution in [-0.2, 0) is 26.1 Å². The Balaban J connectivity index is 1.64. The summed E-state index contributed by atoms with van der Waals surface area (Å²) >= 11 is 0. The second kappa shape index (κ2) is 8.40. The SMILES string of the molecule is NC(=O)C(C(=O)N1CCC([C@H](N)Cc2cc(F)c(F)cc2F)CC1)C1(S(=O)(=O)O)CC1. The van der Waals surface area contributed by atoms with Crippen molar-refractivity contribution in [2.45, 2.75) is 42.9 Å². The number of benzene rings is 1. The van der Waals surface area contributed by atoms with Gasteiger partial charge in [-0.3, -0.25) is 14.1 Å². The molecule has 1 aliphatic heterocycles. The van der Waals surface area contributed by atoms with Crippen LogP contribution >= 0.6 is 0 Å². The van der Waals surface area contributed by atoms with E-state index >= 15 is 0 Å². The zero-order valence-electron chi connectivity index (χ0n) is 16.6. The molecule has 1 unspecified atom stereocenters. The molecule has 3 rings (SSSR count). The van der Waals surface area contributed by atoms with E-state index in [1.54, 1.807) is 0 Å². The molecule has 0 radical (unpaired) electrons. The smallest absolute Gasteiger partial charge is 0.271 e. The van der Waals surface area contributed by atoms with Gasteiger partial charge in [0, 0.05) is 25.2 Å². The molecule has 31 heavy (non-hydrogen) atoms. The van der Waals surface area contributed by atoms with Gasteiger partial charge in [-0.05, 0) is 49.7 Å². The highest BCUT2D eigenvalue weighted by atomic mass is 32.2. The molecule has 172 valence electrons. The molecule has 2 amide bonds. The first-order valence-corrected chi connectivity index (χ1v) is 11.3. The average Bonchev–Trinajstić information content (AvgIpc) is 3.47. The Labute approximate surface area is 177 Å². The van der Waals surface area contributed by atoms with Crippen LogP contribution in [-0.4, -0.2) is 53.6 Å². The first kappa shape index (κ1) is 23.5. The lowest BCUT2D eigenvalue weighted by atomic mass is 9.85. The number of hydrogen-bond acceptors (Lipinski definition) is 5. The van der Waals surface area contributed by atoms with Gasteiger partial charge in [0.25, 0.3) is 10.1 Å². The molecule has 0 spiro atoms. The summed E-state index contributed by atoms with van der Waals surface area (Å²) in [4.78, 5) is 26.0. The molecule has 8 nitrogen and oxygen atoms in total. The fraction of sp³-hybridized carbons (Fsp3) is 0.579. The maximum Gasteiger partial charge on any atom is 0.271 e. The molecular formula is C19H24F3N3O5S. The molecule has 2 atom stereocenters. The van der Waals surface area contributed by atoms with Gasteiger partial charge in [0.05, 0.1) is 0 Å². The predicted octanol–water partition coefficient (Wildman–Crippen LogP) is 0.734. The third-order valence-electron chi connectivity index (χ3n) is 6.32. The van der Waals surface area contributed by atoms with E-state index in [0.29, 0.717) is 18.9 Å². The van der Waals surface area contributed by atoms with Crippen molar-refractivity contribution in [2.75, 3.05) is 13.1 Å². The Hall–Kier alpha value is -2.18. The van der Waals surface area contributed by atoms with Gasteiger partial charge in [0.2, 0.25) is 11.8 Å². The number of carbonyl (C=O) groups excluding carboxylic acids is 2. The molecule has 12 heteroatoms. The van der Waals surface area contributed by atoms with Gasteiger partial charge >= 0.3 is 0 Å². The van der Waals surface area contributed by atoms with Crippen molar-refractivity contribution in [2.24, 2.45) is 23.3 Å². The summed E-state index contributed by atoms with van der Waals surface area (Å²) in [5.74, 6) is -7.08. The average molecular weight is 463 g/mol. The van der Waals surface area contributed by atoms with Crippen LogP contribution in [0.4, 0.5) is 13.2 Å². The largest absolute Gasteiger partial charge is 0.369 e. The van der Waals surface area contributed by atoms with Crippen molar-refractivity contribution in [3.05, 3.63) is 35.1 Å². The van der Waals surface area contributed by atoms with Crippen LogP contribution in [0.25, 0.3) is 0 Å². The van der Waals surface area contributed by atoms with Gasteiger partial charge in [0.15, 0.2) is 11.6 Å². The second-order valence-corrected chi connectivity index (χ2v) is 10.0. The molecule has 0 bridgehead atoms. The number of halogens is 3. The van der Waals surface area contributed by atoms with Crippen molar-refractivity contribution < 1.29 is 35.7 Å². The molecule has 0 aromatic heterocycles. The van der Waals surface area contributed by atoms with Gasteiger partial charge in [-0.15, -0.1) is 0 Å². The van der Waals surface area contributed by atoms with Crippen LogP contribution in [0.15, 0.2) is 12.1 Å². The Morgan fingerprint density at radius 1 is 1.13 bits per heavy atom. The number of nitrogens with two attached hydrogens (primary N) is 2. The Kier molecular flexibility index (Phi) is 6.36. The summed E-state index contributed by atoms with van der Waals surface area (Å²) in [5.41, 5.74) is 11.4. The fourth-order valence-corrected chi connectivity index (χ4v) is 5.43. The van der Waals surface area contributed by atoms with E-state index in [4.69, 9.17) is 11.5 Å². The van der Waals surface area contributed by atoms with Gasteiger partial charge in [-0.25, -0.2) is 13.2 Å². The minimum atomic E-state index is -4.65. The zero-order valence-corrected chi connectivity index (χ0v) is 17.4. The van der Waals surface area contributed by atoms with E-state index in [2.05, 4.69) is 0 Å². The zero-order chi connectivity index (χ0) is 23.1. The summed E-state index contributed by atoms with van der Waals surface area (Å²) in [7, 11) is -4.65. The Morgan fingerprint density at radius 3 is 2.16 bits per heavy atom. The van der Waals surface area contributed by atoms with Crippen molar-refractivity contribution in [1.29, 1.82) is 0 Å². The van der Waals surface area contributed by atoms with Crippen molar-refractivity contribution >= 4 is 21.9 Å². The third kappa shape index (κ3) is 4.55. The topological polar surface area (TPSA) is 144 Å². The highest BCUT2D eigenvalue weighted by Gasteiger charge is 2.64. The van der Waals surface area contributed by atoms with E-state index in [-0.39, 0.29) is 43.8 Å². The summed E-state index contributed by atoms with van der Waals surface area (Å²) in [6.45, 7) is 0.311. The van der Waals surface area contributed by atoms with Crippen LogP contribution in [0.1, 0.15) is 31.2 Å². The van der Waals surface area contributed by atoms with Gasteiger partial charge in [-0.1, -0.05) is 0 Å². The minimum absolute atomic E-state index is 0.0303. The number of hydrogen-bond donors (Lipinski definition) is 3. The van der Waals surface area contributed by atoms with E-state index in [0.717, 1.165) is 6.07 Å². The molecule has 2 fully saturated rings. The van der Waals surface area contributed by atoms with Gasteiger partial charge in [0.1, 0.15) is 16.5 Å². The van der Waals surface area contributed by atoms with Crippen molar-refractivity contribution in [3.63, 3.8) is 0 Å². The molecule has 2 aliphatic rings. The van der Waals surface area contributed by atoms with E-state index < -0.39 is 56.1 Å². The number of carbonyl (C=O) groups is 2. The lowest BCUT2D eigenvalue weighted by Gasteiger charge is -2.37. The quantitative estimate of drug-likeness (QED) is 0.309. The van der Waals surface area contributed by atoms with Crippen LogP contribution in [0.2, 0.25) is 0 Å². The summed E-state index contributed by atoms with van der Waals surface area (Å²) in [5, 5.41) is 0. The lowest BCUT2D eigenvalue weighted by molar-refractivity contribution is -0.142. The number of amides is 2. The summed E-state index contributed by atoms with van der Waals surface area (Å²) < 4.78 is 71.4. The number of piperidine rings is 1. The monoisotopic (exact) mass is 463 g/mol.